The Bertz CT molecular complexity index is 422. The van der Waals surface area contributed by atoms with Crippen molar-refractivity contribution in [2.45, 2.75) is 6.92 Å². The second-order valence-corrected chi connectivity index (χ2v) is 3.85. The Morgan fingerprint density at radius 2 is 1.95 bits per heavy atom. The van der Waals surface area contributed by atoms with Crippen molar-refractivity contribution in [2.24, 2.45) is 0 Å². The van der Waals surface area contributed by atoms with Gasteiger partial charge in [0, 0.05) is 18.3 Å². The number of methoxy groups -OCH3 is 2. The summed E-state index contributed by atoms with van der Waals surface area (Å²) in [5.74, 6) is 0.986. The fourth-order valence-corrected chi connectivity index (χ4v) is 1.57. The van der Waals surface area contributed by atoms with Crippen LogP contribution in [0.2, 0.25) is 0 Å². The molecule has 0 saturated heterocycles. The van der Waals surface area contributed by atoms with E-state index in [1.54, 1.807) is 21.1 Å². The van der Waals surface area contributed by atoms with Crippen LogP contribution in [-0.2, 0) is 14.3 Å². The summed E-state index contributed by atoms with van der Waals surface area (Å²) in [4.78, 5) is 11.0. The standard InChI is InChI=1S/C14H21NO5/c1-4-20-14(16)10-19-8-7-15-11-5-6-12(17-2)13(9-11)18-3/h5-6,9,15H,4,7-8,10H2,1-3H3. The van der Waals surface area contributed by atoms with Gasteiger partial charge in [-0.05, 0) is 19.1 Å². The van der Waals surface area contributed by atoms with Crippen LogP contribution in [-0.4, -0.2) is 46.6 Å². The van der Waals surface area contributed by atoms with E-state index in [9.17, 15) is 4.79 Å². The zero-order valence-electron chi connectivity index (χ0n) is 12.1. The number of nitrogens with one attached hydrogen (secondary N) is 1. The lowest BCUT2D eigenvalue weighted by molar-refractivity contribution is -0.148. The van der Waals surface area contributed by atoms with Crippen molar-refractivity contribution in [1.29, 1.82) is 0 Å². The molecule has 0 bridgehead atoms. The lowest BCUT2D eigenvalue weighted by Crippen LogP contribution is -2.16. The third-order valence-corrected chi connectivity index (χ3v) is 2.48. The van der Waals surface area contributed by atoms with E-state index in [2.05, 4.69) is 5.32 Å². The van der Waals surface area contributed by atoms with Gasteiger partial charge in [-0.3, -0.25) is 0 Å². The van der Waals surface area contributed by atoms with Gasteiger partial charge in [0.15, 0.2) is 11.5 Å². The van der Waals surface area contributed by atoms with Crippen molar-refractivity contribution in [3.05, 3.63) is 18.2 Å². The van der Waals surface area contributed by atoms with E-state index >= 15 is 0 Å². The van der Waals surface area contributed by atoms with Crippen molar-refractivity contribution < 1.29 is 23.7 Å². The van der Waals surface area contributed by atoms with Crippen molar-refractivity contribution in [3.8, 4) is 11.5 Å². The van der Waals surface area contributed by atoms with Gasteiger partial charge in [0.2, 0.25) is 0 Å². The molecule has 6 heteroatoms. The quantitative estimate of drug-likeness (QED) is 0.549. The third kappa shape index (κ3) is 5.36. The van der Waals surface area contributed by atoms with Crippen LogP contribution in [0.5, 0.6) is 11.5 Å². The molecule has 1 aromatic carbocycles. The molecular weight excluding hydrogens is 262 g/mol. The maximum absolute atomic E-state index is 11.0. The first-order valence-electron chi connectivity index (χ1n) is 6.40. The molecule has 1 rings (SSSR count). The smallest absolute Gasteiger partial charge is 0.332 e. The maximum Gasteiger partial charge on any atom is 0.332 e. The van der Waals surface area contributed by atoms with Crippen LogP contribution in [0.1, 0.15) is 6.92 Å². The van der Waals surface area contributed by atoms with Crippen LogP contribution < -0.4 is 14.8 Å². The molecule has 1 N–H and O–H groups in total. The normalized spacial score (nSPS) is 9.95. The summed E-state index contributed by atoms with van der Waals surface area (Å²) in [7, 11) is 3.18. The molecule has 0 fully saturated rings. The van der Waals surface area contributed by atoms with Gasteiger partial charge in [-0.2, -0.15) is 0 Å². The number of esters is 1. The van der Waals surface area contributed by atoms with Gasteiger partial charge in [0.05, 0.1) is 27.4 Å². The molecule has 0 aliphatic rings. The van der Waals surface area contributed by atoms with Crippen molar-refractivity contribution in [3.63, 3.8) is 0 Å². The molecule has 112 valence electrons. The summed E-state index contributed by atoms with van der Waals surface area (Å²) in [6.07, 6.45) is 0. The van der Waals surface area contributed by atoms with Crippen molar-refractivity contribution in [1.82, 2.24) is 0 Å². The minimum Gasteiger partial charge on any atom is -0.493 e. The topological polar surface area (TPSA) is 66.0 Å². The molecule has 0 aromatic heterocycles. The highest BCUT2D eigenvalue weighted by Gasteiger charge is 2.04. The third-order valence-electron chi connectivity index (χ3n) is 2.48. The van der Waals surface area contributed by atoms with Gasteiger partial charge in [-0.1, -0.05) is 0 Å². The van der Waals surface area contributed by atoms with Crippen LogP contribution in [0.3, 0.4) is 0 Å². The molecule has 0 saturated carbocycles. The van der Waals surface area contributed by atoms with Gasteiger partial charge in [0.25, 0.3) is 0 Å². The predicted molar refractivity (Wildman–Crippen MR) is 75.5 cm³/mol. The number of benzene rings is 1. The summed E-state index contributed by atoms with van der Waals surface area (Å²) in [6, 6.07) is 5.54. The first-order chi connectivity index (χ1) is 9.71. The minimum atomic E-state index is -0.349. The first-order valence-corrected chi connectivity index (χ1v) is 6.40. The molecule has 6 nitrogen and oxygen atoms in total. The SMILES string of the molecule is CCOC(=O)COCCNc1ccc(OC)c(OC)c1. The number of rotatable bonds is 9. The van der Waals surface area contributed by atoms with E-state index in [0.717, 1.165) is 5.69 Å². The van der Waals surface area contributed by atoms with Gasteiger partial charge >= 0.3 is 5.97 Å². The number of ether oxygens (including phenoxy) is 4. The second-order valence-electron chi connectivity index (χ2n) is 3.85. The number of hydrogen-bond acceptors (Lipinski definition) is 6. The first kappa shape index (κ1) is 16.1. The average molecular weight is 283 g/mol. The largest absolute Gasteiger partial charge is 0.493 e. The van der Waals surface area contributed by atoms with Crippen LogP contribution in [0.15, 0.2) is 18.2 Å². The molecule has 0 unspecified atom stereocenters. The maximum atomic E-state index is 11.0. The van der Waals surface area contributed by atoms with E-state index in [-0.39, 0.29) is 12.6 Å². The predicted octanol–water partition coefficient (Wildman–Crippen LogP) is 1.70. The monoisotopic (exact) mass is 283 g/mol. The molecule has 0 aliphatic heterocycles. The minimum absolute atomic E-state index is 0.0263. The molecule has 0 spiro atoms. The molecule has 0 atom stereocenters. The van der Waals surface area contributed by atoms with E-state index in [1.807, 2.05) is 18.2 Å². The van der Waals surface area contributed by atoms with E-state index in [0.29, 0.717) is 31.3 Å². The molecular formula is C14H21NO5. The van der Waals surface area contributed by atoms with E-state index in [1.165, 1.54) is 0 Å². The van der Waals surface area contributed by atoms with Crippen LogP contribution in [0.25, 0.3) is 0 Å². The summed E-state index contributed by atoms with van der Waals surface area (Å²) >= 11 is 0. The Labute approximate surface area is 119 Å². The molecule has 20 heavy (non-hydrogen) atoms. The highest BCUT2D eigenvalue weighted by molar-refractivity contribution is 5.70. The van der Waals surface area contributed by atoms with Crippen LogP contribution >= 0.6 is 0 Å². The Morgan fingerprint density at radius 1 is 1.20 bits per heavy atom. The molecule has 0 heterocycles. The molecule has 0 aliphatic carbocycles. The molecule has 0 radical (unpaired) electrons. The fraction of sp³-hybridized carbons (Fsp3) is 0.500. The highest BCUT2D eigenvalue weighted by Crippen LogP contribution is 2.29. The number of hydrogen-bond donors (Lipinski definition) is 1. The second kappa shape index (κ2) is 9.03. The lowest BCUT2D eigenvalue weighted by Gasteiger charge is -2.11. The Balaban J connectivity index is 2.30. The van der Waals surface area contributed by atoms with Gasteiger partial charge in [-0.25, -0.2) is 4.79 Å². The van der Waals surface area contributed by atoms with Crippen molar-refractivity contribution >= 4 is 11.7 Å². The zero-order valence-corrected chi connectivity index (χ0v) is 12.1. The summed E-state index contributed by atoms with van der Waals surface area (Å²) in [5.41, 5.74) is 0.891. The van der Waals surface area contributed by atoms with Gasteiger partial charge < -0.3 is 24.3 Å². The van der Waals surface area contributed by atoms with Crippen LogP contribution in [0, 0.1) is 0 Å². The van der Waals surface area contributed by atoms with Crippen molar-refractivity contribution in [2.75, 3.05) is 45.9 Å². The Kier molecular flexibility index (Phi) is 7.27. The van der Waals surface area contributed by atoms with Gasteiger partial charge in [0.1, 0.15) is 6.61 Å². The molecule has 1 aromatic rings. The number of carbonyl (C=O) groups excluding carboxylic acids is 1. The zero-order chi connectivity index (χ0) is 14.8. The number of anilines is 1. The summed E-state index contributed by atoms with van der Waals surface area (Å²) in [5, 5.41) is 3.16. The lowest BCUT2D eigenvalue weighted by atomic mass is 10.2. The molecule has 0 amide bonds. The average Bonchev–Trinajstić information content (AvgIpc) is 2.47. The Morgan fingerprint density at radius 3 is 2.60 bits per heavy atom. The summed E-state index contributed by atoms with van der Waals surface area (Å²) < 4.78 is 20.3. The van der Waals surface area contributed by atoms with Crippen LogP contribution in [0.4, 0.5) is 5.69 Å². The van der Waals surface area contributed by atoms with E-state index < -0.39 is 0 Å². The number of carbonyl (C=O) groups is 1. The van der Waals surface area contributed by atoms with Gasteiger partial charge in [-0.15, -0.1) is 0 Å². The highest BCUT2D eigenvalue weighted by atomic mass is 16.6. The van der Waals surface area contributed by atoms with E-state index in [4.69, 9.17) is 18.9 Å². The fourth-order valence-electron chi connectivity index (χ4n) is 1.57. The summed E-state index contributed by atoms with van der Waals surface area (Å²) in [6.45, 7) is 3.09. The Hall–Kier alpha value is -1.95.